The number of esters is 1. The van der Waals surface area contributed by atoms with Crippen LogP contribution in [0.15, 0.2) is 39.8 Å². The third-order valence-corrected chi connectivity index (χ3v) is 4.90. The molecule has 0 aliphatic rings. The maximum absolute atomic E-state index is 12.5. The fourth-order valence-corrected chi connectivity index (χ4v) is 3.39. The smallest absolute Gasteiger partial charge is 0.339 e. The second kappa shape index (κ2) is 10.3. The number of aromatic nitrogens is 1. The molecule has 1 aromatic carbocycles. The number of nitrogens with zero attached hydrogens (tertiary/aromatic N) is 2. The molecule has 0 atom stereocenters. The first-order chi connectivity index (χ1) is 14.0. The third-order valence-electron chi connectivity index (χ3n) is 3.80. The van der Waals surface area contributed by atoms with Crippen molar-refractivity contribution in [3.63, 3.8) is 0 Å². The number of benzene rings is 1. The van der Waals surface area contributed by atoms with E-state index in [0.717, 1.165) is 5.69 Å². The van der Waals surface area contributed by atoms with E-state index in [4.69, 9.17) is 9.26 Å². The number of ether oxygens (including phenoxy) is 1. The molecule has 0 radical (unpaired) electrons. The van der Waals surface area contributed by atoms with Gasteiger partial charge in [-0.3, -0.25) is 9.59 Å². The molecule has 0 fully saturated rings. The fourth-order valence-electron chi connectivity index (χ4n) is 2.47. The molecule has 0 bridgehead atoms. The van der Waals surface area contributed by atoms with Gasteiger partial charge in [-0.25, -0.2) is 4.79 Å². The Morgan fingerprint density at radius 2 is 1.93 bits per heavy atom. The molecule has 1 heterocycles. The number of thioether (sulfide) groups is 1. The molecule has 0 unspecified atom stereocenters. The van der Waals surface area contributed by atoms with Crippen LogP contribution in [0.4, 0.5) is 0 Å². The summed E-state index contributed by atoms with van der Waals surface area (Å²) < 4.78 is 10.4. The zero-order valence-corrected chi connectivity index (χ0v) is 18.7. The Labute approximate surface area is 180 Å². The number of amides is 2. The van der Waals surface area contributed by atoms with Gasteiger partial charge in [-0.15, -0.1) is 11.8 Å². The highest BCUT2D eigenvalue weighted by Gasteiger charge is 2.20. The summed E-state index contributed by atoms with van der Waals surface area (Å²) >= 11 is 1.41. The Morgan fingerprint density at radius 1 is 1.23 bits per heavy atom. The van der Waals surface area contributed by atoms with E-state index in [9.17, 15) is 14.4 Å². The van der Waals surface area contributed by atoms with Gasteiger partial charge in [0.05, 0.1) is 23.6 Å². The molecule has 1 aromatic heterocycles. The van der Waals surface area contributed by atoms with Gasteiger partial charge < -0.3 is 19.5 Å². The normalized spacial score (nSPS) is 11.1. The zero-order valence-electron chi connectivity index (χ0n) is 17.9. The molecule has 9 heteroatoms. The van der Waals surface area contributed by atoms with E-state index >= 15 is 0 Å². The van der Waals surface area contributed by atoms with E-state index in [1.54, 1.807) is 18.2 Å². The third kappa shape index (κ3) is 7.55. The summed E-state index contributed by atoms with van der Waals surface area (Å²) in [5.41, 5.74) is 0.760. The summed E-state index contributed by atoms with van der Waals surface area (Å²) in [6.45, 7) is 6.84. The first-order valence-electron chi connectivity index (χ1n) is 9.41. The minimum Gasteiger partial charge on any atom is -0.452 e. The maximum atomic E-state index is 12.5. The van der Waals surface area contributed by atoms with Crippen molar-refractivity contribution in [3.05, 3.63) is 47.3 Å². The molecule has 0 aliphatic heterocycles. The van der Waals surface area contributed by atoms with Gasteiger partial charge in [-0.1, -0.05) is 17.3 Å². The standard InChI is InChI=1S/C21H27N3O5S/c1-14-10-15(29-23-14)13-30-17-9-7-6-8-16(17)20(27)28-12-19(26)24(5)11-18(25)22-21(2,3)4/h6-10H,11-13H2,1-5H3,(H,22,25). The van der Waals surface area contributed by atoms with Crippen LogP contribution in [0.1, 0.15) is 42.6 Å². The number of hydrogen-bond donors (Lipinski definition) is 1. The van der Waals surface area contributed by atoms with E-state index in [1.807, 2.05) is 39.8 Å². The van der Waals surface area contributed by atoms with Crippen molar-refractivity contribution in [3.8, 4) is 0 Å². The van der Waals surface area contributed by atoms with Crippen molar-refractivity contribution < 1.29 is 23.6 Å². The highest BCUT2D eigenvalue weighted by Crippen LogP contribution is 2.27. The number of likely N-dealkylation sites (N-methyl/N-ethyl adjacent to an activating group) is 1. The van der Waals surface area contributed by atoms with Gasteiger partial charge in [0.15, 0.2) is 6.61 Å². The van der Waals surface area contributed by atoms with Crippen LogP contribution < -0.4 is 5.32 Å². The Hall–Kier alpha value is -2.81. The number of aryl methyl sites for hydroxylation is 1. The van der Waals surface area contributed by atoms with Crippen molar-refractivity contribution in [2.45, 2.75) is 43.9 Å². The maximum Gasteiger partial charge on any atom is 0.339 e. The highest BCUT2D eigenvalue weighted by atomic mass is 32.2. The topological polar surface area (TPSA) is 102 Å². The van der Waals surface area contributed by atoms with Gasteiger partial charge in [0.1, 0.15) is 5.76 Å². The van der Waals surface area contributed by atoms with Crippen LogP contribution >= 0.6 is 11.8 Å². The predicted molar refractivity (Wildman–Crippen MR) is 113 cm³/mol. The fraction of sp³-hybridized carbons (Fsp3) is 0.429. The van der Waals surface area contributed by atoms with Gasteiger partial charge in [0, 0.05) is 23.5 Å². The van der Waals surface area contributed by atoms with E-state index in [0.29, 0.717) is 22.0 Å². The van der Waals surface area contributed by atoms with E-state index in [2.05, 4.69) is 10.5 Å². The first kappa shape index (κ1) is 23.5. The Balaban J connectivity index is 1.89. The number of nitrogens with one attached hydrogen (secondary N) is 1. The molecule has 0 saturated heterocycles. The van der Waals surface area contributed by atoms with Crippen molar-refractivity contribution in [1.29, 1.82) is 0 Å². The van der Waals surface area contributed by atoms with Gasteiger partial charge in [-0.05, 0) is 39.8 Å². The Morgan fingerprint density at radius 3 is 2.57 bits per heavy atom. The largest absolute Gasteiger partial charge is 0.452 e. The average Bonchev–Trinajstić information content (AvgIpc) is 3.08. The molecule has 2 rings (SSSR count). The van der Waals surface area contributed by atoms with Crippen molar-refractivity contribution in [2.24, 2.45) is 0 Å². The summed E-state index contributed by atoms with van der Waals surface area (Å²) in [4.78, 5) is 38.6. The van der Waals surface area contributed by atoms with Crippen LogP contribution in [0, 0.1) is 6.92 Å². The lowest BCUT2D eigenvalue weighted by molar-refractivity contribution is -0.137. The first-order valence-corrected chi connectivity index (χ1v) is 10.4. The van der Waals surface area contributed by atoms with Gasteiger partial charge in [0.25, 0.3) is 5.91 Å². The summed E-state index contributed by atoms with van der Waals surface area (Å²) in [7, 11) is 1.49. The van der Waals surface area contributed by atoms with Gasteiger partial charge in [0.2, 0.25) is 5.91 Å². The number of carbonyl (C=O) groups is 3. The molecule has 0 saturated carbocycles. The number of rotatable bonds is 8. The van der Waals surface area contributed by atoms with Gasteiger partial charge >= 0.3 is 5.97 Å². The molecule has 1 N–H and O–H groups in total. The molecular weight excluding hydrogens is 406 g/mol. The highest BCUT2D eigenvalue weighted by molar-refractivity contribution is 7.98. The van der Waals surface area contributed by atoms with Crippen LogP contribution in [-0.4, -0.2) is 53.6 Å². The SMILES string of the molecule is Cc1cc(CSc2ccccc2C(=O)OCC(=O)N(C)CC(=O)NC(C)(C)C)on1. The molecule has 0 spiro atoms. The van der Waals surface area contributed by atoms with E-state index < -0.39 is 18.5 Å². The second-order valence-electron chi connectivity index (χ2n) is 7.84. The summed E-state index contributed by atoms with van der Waals surface area (Å²) in [5.74, 6) is -0.141. The van der Waals surface area contributed by atoms with Crippen molar-refractivity contribution >= 4 is 29.5 Å². The van der Waals surface area contributed by atoms with Crippen LogP contribution in [0.25, 0.3) is 0 Å². The Bertz CT molecular complexity index is 904. The molecule has 30 heavy (non-hydrogen) atoms. The average molecular weight is 434 g/mol. The molecule has 8 nitrogen and oxygen atoms in total. The molecular formula is C21H27N3O5S. The van der Waals surface area contributed by atoms with Crippen molar-refractivity contribution in [1.82, 2.24) is 15.4 Å². The van der Waals surface area contributed by atoms with Gasteiger partial charge in [-0.2, -0.15) is 0 Å². The van der Waals surface area contributed by atoms with Crippen LogP contribution in [0.3, 0.4) is 0 Å². The Kier molecular flexibility index (Phi) is 8.05. The van der Waals surface area contributed by atoms with E-state index in [1.165, 1.54) is 23.7 Å². The van der Waals surface area contributed by atoms with Crippen LogP contribution in [0.2, 0.25) is 0 Å². The molecule has 2 amide bonds. The van der Waals surface area contributed by atoms with E-state index in [-0.39, 0.29) is 18.0 Å². The summed E-state index contributed by atoms with van der Waals surface area (Å²) in [5, 5.41) is 6.62. The van der Waals surface area contributed by atoms with Crippen LogP contribution in [0.5, 0.6) is 0 Å². The minimum absolute atomic E-state index is 0.114. The van der Waals surface area contributed by atoms with Crippen LogP contribution in [-0.2, 0) is 20.1 Å². The summed E-state index contributed by atoms with van der Waals surface area (Å²) in [6.07, 6.45) is 0. The molecule has 0 aliphatic carbocycles. The molecule has 2 aromatic rings. The lowest BCUT2D eigenvalue weighted by Gasteiger charge is -2.23. The quantitative estimate of drug-likeness (QED) is 0.504. The lowest BCUT2D eigenvalue weighted by Crippen LogP contribution is -2.46. The number of hydrogen-bond acceptors (Lipinski definition) is 7. The monoisotopic (exact) mass is 433 g/mol. The minimum atomic E-state index is -0.604. The lowest BCUT2D eigenvalue weighted by atomic mass is 10.1. The molecule has 162 valence electrons. The van der Waals surface area contributed by atoms with Crippen molar-refractivity contribution in [2.75, 3.05) is 20.2 Å². The summed E-state index contributed by atoms with van der Waals surface area (Å²) in [6, 6.07) is 8.82. The second-order valence-corrected chi connectivity index (χ2v) is 8.86. The predicted octanol–water partition coefficient (Wildman–Crippen LogP) is 2.81. The zero-order chi connectivity index (χ0) is 22.3. The number of carbonyl (C=O) groups excluding carboxylic acids is 3.